The smallest absolute Gasteiger partial charge is 0.255 e. The number of carbonyl (C=O) groups is 1. The zero-order chi connectivity index (χ0) is 21.6. The summed E-state index contributed by atoms with van der Waals surface area (Å²) in [7, 11) is 1.68. The Kier molecular flexibility index (Phi) is 7.14. The molecule has 0 N–H and O–H groups in total. The van der Waals surface area contributed by atoms with Gasteiger partial charge < -0.3 is 14.5 Å². The first-order chi connectivity index (χ1) is 15.1. The first-order valence-corrected chi connectivity index (χ1v) is 12.3. The normalized spacial score (nSPS) is 14.4. The zero-order valence-corrected chi connectivity index (χ0v) is 19.5. The zero-order valence-electron chi connectivity index (χ0n) is 17.9. The molecule has 7 heteroatoms. The third-order valence-corrected chi connectivity index (χ3v) is 7.31. The number of anilines is 1. The van der Waals surface area contributed by atoms with Crippen LogP contribution in [-0.4, -0.2) is 49.1 Å². The highest BCUT2D eigenvalue weighted by Crippen LogP contribution is 2.28. The number of aryl methyl sites for hydroxylation is 1. The van der Waals surface area contributed by atoms with E-state index < -0.39 is 0 Å². The van der Waals surface area contributed by atoms with Crippen molar-refractivity contribution in [1.29, 1.82) is 0 Å². The van der Waals surface area contributed by atoms with E-state index in [1.54, 1.807) is 30.2 Å². The van der Waals surface area contributed by atoms with Crippen LogP contribution in [0.25, 0.3) is 0 Å². The first kappa shape index (κ1) is 21.7. The highest BCUT2D eigenvalue weighted by Gasteiger charge is 2.22. The third kappa shape index (κ3) is 5.40. The average molecular weight is 454 g/mol. The molecule has 5 nitrogen and oxygen atoms in total. The minimum Gasteiger partial charge on any atom is -0.497 e. The van der Waals surface area contributed by atoms with Crippen LogP contribution in [0.2, 0.25) is 0 Å². The maximum Gasteiger partial charge on any atom is 0.255 e. The monoisotopic (exact) mass is 453 g/mol. The number of aromatic nitrogens is 1. The largest absolute Gasteiger partial charge is 0.497 e. The number of hydrogen-bond donors (Lipinski definition) is 0. The van der Waals surface area contributed by atoms with Gasteiger partial charge in [-0.05, 0) is 49.7 Å². The molecule has 4 rings (SSSR count). The van der Waals surface area contributed by atoms with E-state index in [2.05, 4.69) is 27.4 Å². The van der Waals surface area contributed by atoms with Crippen molar-refractivity contribution in [2.75, 3.05) is 38.2 Å². The Morgan fingerprint density at radius 1 is 1.10 bits per heavy atom. The predicted octanol–water partition coefficient (Wildman–Crippen LogP) is 5.10. The Balaban J connectivity index is 1.42. The Hall–Kier alpha value is -2.51. The lowest BCUT2D eigenvalue weighted by Gasteiger charge is -2.24. The van der Waals surface area contributed by atoms with Crippen LogP contribution < -0.4 is 9.64 Å². The second-order valence-corrected chi connectivity index (χ2v) is 9.55. The fraction of sp³-hybridized carbons (Fsp3) is 0.333. The standard InChI is InChI=1S/C24H27N3O2S2/c1-18-25-19(16-30-18)17-31-23-7-4-3-6-22(23)24(28)27-13-5-12-26(14-15-27)20-8-10-21(29-2)11-9-20/h3-4,6-11,16H,5,12-15,17H2,1-2H3. The van der Waals surface area contributed by atoms with E-state index >= 15 is 0 Å². The van der Waals surface area contributed by atoms with Gasteiger partial charge >= 0.3 is 0 Å². The lowest BCUT2D eigenvalue weighted by atomic mass is 10.2. The SMILES string of the molecule is COc1ccc(N2CCCN(C(=O)c3ccccc3SCc3csc(C)n3)CC2)cc1. The molecule has 0 atom stereocenters. The topological polar surface area (TPSA) is 45.7 Å². The van der Waals surface area contributed by atoms with Gasteiger partial charge in [0.2, 0.25) is 0 Å². The molecule has 0 saturated carbocycles. The highest BCUT2D eigenvalue weighted by atomic mass is 32.2. The highest BCUT2D eigenvalue weighted by molar-refractivity contribution is 7.98. The van der Waals surface area contributed by atoms with Crippen LogP contribution in [0.5, 0.6) is 5.75 Å². The summed E-state index contributed by atoms with van der Waals surface area (Å²) in [6.07, 6.45) is 0.950. The predicted molar refractivity (Wildman–Crippen MR) is 129 cm³/mol. The molecular formula is C24H27N3O2S2. The Morgan fingerprint density at radius 3 is 2.65 bits per heavy atom. The van der Waals surface area contributed by atoms with Crippen molar-refractivity contribution in [3.05, 3.63) is 70.2 Å². The molecule has 0 bridgehead atoms. The Labute approximate surface area is 192 Å². The summed E-state index contributed by atoms with van der Waals surface area (Å²) >= 11 is 3.35. The van der Waals surface area contributed by atoms with E-state index in [9.17, 15) is 4.79 Å². The van der Waals surface area contributed by atoms with E-state index in [0.29, 0.717) is 0 Å². The Morgan fingerprint density at radius 2 is 1.90 bits per heavy atom. The minimum atomic E-state index is 0.120. The van der Waals surface area contributed by atoms with Gasteiger partial charge in [-0.3, -0.25) is 4.79 Å². The molecular weight excluding hydrogens is 426 g/mol. The molecule has 3 aromatic rings. The van der Waals surface area contributed by atoms with Gasteiger partial charge in [0.05, 0.1) is 23.4 Å². The van der Waals surface area contributed by atoms with Crippen molar-refractivity contribution in [3.63, 3.8) is 0 Å². The van der Waals surface area contributed by atoms with Crippen molar-refractivity contribution in [2.24, 2.45) is 0 Å². The fourth-order valence-corrected chi connectivity index (χ4v) is 5.39. The van der Waals surface area contributed by atoms with Gasteiger partial charge in [0, 0.05) is 47.9 Å². The van der Waals surface area contributed by atoms with Crippen molar-refractivity contribution >= 4 is 34.7 Å². The summed E-state index contributed by atoms with van der Waals surface area (Å²) in [6, 6.07) is 16.1. The van der Waals surface area contributed by atoms with Gasteiger partial charge in [0.25, 0.3) is 5.91 Å². The number of amides is 1. The van der Waals surface area contributed by atoms with Crippen molar-refractivity contribution < 1.29 is 9.53 Å². The van der Waals surface area contributed by atoms with Crippen LogP contribution in [-0.2, 0) is 5.75 Å². The van der Waals surface area contributed by atoms with Gasteiger partial charge in [-0.2, -0.15) is 0 Å². The molecule has 0 spiro atoms. The van der Waals surface area contributed by atoms with E-state index in [1.165, 1.54) is 5.69 Å². The van der Waals surface area contributed by atoms with E-state index in [-0.39, 0.29) is 5.91 Å². The summed E-state index contributed by atoms with van der Waals surface area (Å²) in [4.78, 5) is 23.3. The summed E-state index contributed by atoms with van der Waals surface area (Å²) < 4.78 is 5.26. The number of rotatable bonds is 6. The number of hydrogen-bond acceptors (Lipinski definition) is 6. The average Bonchev–Trinajstić information content (AvgIpc) is 3.07. The number of carbonyl (C=O) groups excluding carboxylic acids is 1. The number of ether oxygens (including phenoxy) is 1. The maximum absolute atomic E-state index is 13.4. The van der Waals surface area contributed by atoms with E-state index in [1.807, 2.05) is 48.2 Å². The molecule has 1 amide bonds. The molecule has 31 heavy (non-hydrogen) atoms. The molecule has 162 valence electrons. The molecule has 1 aliphatic heterocycles. The summed E-state index contributed by atoms with van der Waals surface area (Å²) in [5.74, 6) is 1.76. The first-order valence-electron chi connectivity index (χ1n) is 10.4. The molecule has 1 aliphatic rings. The van der Waals surface area contributed by atoms with Crippen LogP contribution in [0, 0.1) is 6.92 Å². The third-order valence-electron chi connectivity index (χ3n) is 5.38. The lowest BCUT2D eigenvalue weighted by Crippen LogP contribution is -2.35. The number of nitrogens with zero attached hydrogens (tertiary/aromatic N) is 3. The molecule has 1 saturated heterocycles. The number of methoxy groups -OCH3 is 1. The van der Waals surface area contributed by atoms with Crippen LogP contribution in [0.4, 0.5) is 5.69 Å². The van der Waals surface area contributed by atoms with E-state index in [4.69, 9.17) is 4.74 Å². The second kappa shape index (κ2) is 10.2. The van der Waals surface area contributed by atoms with Gasteiger partial charge in [0.15, 0.2) is 0 Å². The number of benzene rings is 2. The van der Waals surface area contributed by atoms with Crippen LogP contribution >= 0.6 is 23.1 Å². The molecule has 1 fully saturated rings. The maximum atomic E-state index is 13.4. The molecule has 1 aromatic heterocycles. The quantitative estimate of drug-likeness (QED) is 0.486. The molecule has 2 heterocycles. The number of thiazole rings is 1. The van der Waals surface area contributed by atoms with Crippen molar-refractivity contribution in [2.45, 2.75) is 24.0 Å². The van der Waals surface area contributed by atoms with Crippen molar-refractivity contribution in [1.82, 2.24) is 9.88 Å². The van der Waals surface area contributed by atoms with Gasteiger partial charge in [-0.1, -0.05) is 12.1 Å². The minimum absolute atomic E-state index is 0.120. The molecule has 0 aliphatic carbocycles. The van der Waals surface area contributed by atoms with Crippen LogP contribution in [0.3, 0.4) is 0 Å². The fourth-order valence-electron chi connectivity index (χ4n) is 3.74. The van der Waals surface area contributed by atoms with E-state index in [0.717, 1.165) is 65.3 Å². The van der Waals surface area contributed by atoms with Gasteiger partial charge in [-0.25, -0.2) is 4.98 Å². The van der Waals surface area contributed by atoms with Gasteiger partial charge in [0.1, 0.15) is 5.75 Å². The molecule has 0 unspecified atom stereocenters. The second-order valence-electron chi connectivity index (χ2n) is 7.47. The lowest BCUT2D eigenvalue weighted by molar-refractivity contribution is 0.0763. The Bertz CT molecular complexity index is 1020. The van der Waals surface area contributed by atoms with Crippen molar-refractivity contribution in [3.8, 4) is 5.75 Å². The summed E-state index contributed by atoms with van der Waals surface area (Å²) in [6.45, 7) is 5.27. The molecule has 0 radical (unpaired) electrons. The van der Waals surface area contributed by atoms with Crippen LogP contribution in [0.1, 0.15) is 27.5 Å². The number of thioether (sulfide) groups is 1. The summed E-state index contributed by atoms with van der Waals surface area (Å²) in [5, 5.41) is 3.17. The summed E-state index contributed by atoms with van der Waals surface area (Å²) in [5.41, 5.74) is 3.03. The molecule has 2 aromatic carbocycles. The van der Waals surface area contributed by atoms with Gasteiger partial charge in [-0.15, -0.1) is 23.1 Å². The van der Waals surface area contributed by atoms with Crippen LogP contribution in [0.15, 0.2) is 58.8 Å².